The summed E-state index contributed by atoms with van der Waals surface area (Å²) in [5.41, 5.74) is 2.17. The average Bonchev–Trinajstić information content (AvgIpc) is 2.95. The van der Waals surface area contributed by atoms with Crippen molar-refractivity contribution in [3.8, 4) is 5.69 Å². The largest absolute Gasteiger partial charge is 0.395 e. The van der Waals surface area contributed by atoms with Crippen LogP contribution in [0.1, 0.15) is 32.4 Å². The van der Waals surface area contributed by atoms with Gasteiger partial charge < -0.3 is 10.4 Å². The Hall–Kier alpha value is -1.65. The summed E-state index contributed by atoms with van der Waals surface area (Å²) in [5.74, 6) is 0.395. The van der Waals surface area contributed by atoms with E-state index in [4.69, 9.17) is 0 Å². The number of aliphatic hydroxyl groups excluding tert-OH is 1. The summed E-state index contributed by atoms with van der Waals surface area (Å²) in [6, 6.07) is 10.3. The Balaban J connectivity index is 2.09. The molecule has 0 aliphatic carbocycles. The third-order valence-electron chi connectivity index (χ3n) is 3.59. The maximum Gasteiger partial charge on any atom is 0.0645 e. The van der Waals surface area contributed by atoms with Gasteiger partial charge in [0.25, 0.3) is 0 Å². The lowest BCUT2D eigenvalue weighted by molar-refractivity contribution is 0.201. The lowest BCUT2D eigenvalue weighted by Gasteiger charge is -2.24. The van der Waals surface area contributed by atoms with Crippen LogP contribution in [0.2, 0.25) is 0 Å². The third-order valence-corrected chi connectivity index (χ3v) is 3.59. The van der Waals surface area contributed by atoms with E-state index in [1.807, 2.05) is 47.4 Å². The second kappa shape index (κ2) is 6.68. The van der Waals surface area contributed by atoms with Crippen molar-refractivity contribution in [2.45, 2.75) is 32.9 Å². The maximum absolute atomic E-state index is 9.39. The molecular formula is C16H23N3O. The molecule has 0 saturated carbocycles. The number of rotatable bonds is 6. The molecule has 0 aliphatic rings. The topological polar surface area (TPSA) is 50.1 Å². The summed E-state index contributed by atoms with van der Waals surface area (Å²) in [5, 5.41) is 17.2. The van der Waals surface area contributed by atoms with Crippen molar-refractivity contribution >= 4 is 0 Å². The lowest BCUT2D eigenvalue weighted by Crippen LogP contribution is -2.38. The highest BCUT2D eigenvalue weighted by Crippen LogP contribution is 2.16. The maximum atomic E-state index is 9.39. The van der Waals surface area contributed by atoms with Crippen LogP contribution in [0, 0.1) is 5.92 Å². The fourth-order valence-corrected chi connectivity index (χ4v) is 2.16. The zero-order valence-corrected chi connectivity index (χ0v) is 12.3. The standard InChI is InChI=1S/C16H23N3O/c1-12(2)16(11-20)18-13(3)14-9-17-19(10-14)15-7-5-4-6-8-15/h4-10,12-13,16,18,20H,11H2,1-3H3. The minimum Gasteiger partial charge on any atom is -0.395 e. The summed E-state index contributed by atoms with van der Waals surface area (Å²) < 4.78 is 1.87. The molecule has 0 aliphatic heterocycles. The van der Waals surface area contributed by atoms with Crippen molar-refractivity contribution in [3.05, 3.63) is 48.3 Å². The van der Waals surface area contributed by atoms with Crippen molar-refractivity contribution in [1.29, 1.82) is 0 Å². The predicted molar refractivity (Wildman–Crippen MR) is 80.8 cm³/mol. The molecule has 108 valence electrons. The first-order valence-corrected chi connectivity index (χ1v) is 7.08. The first-order chi connectivity index (χ1) is 9.61. The summed E-state index contributed by atoms with van der Waals surface area (Å²) in [6.45, 7) is 6.45. The van der Waals surface area contributed by atoms with E-state index in [0.717, 1.165) is 11.3 Å². The highest BCUT2D eigenvalue weighted by molar-refractivity contribution is 5.31. The van der Waals surface area contributed by atoms with Crippen molar-refractivity contribution < 1.29 is 5.11 Å². The van der Waals surface area contributed by atoms with Crippen LogP contribution in [-0.4, -0.2) is 27.5 Å². The molecule has 0 saturated heterocycles. The molecule has 2 rings (SSSR count). The zero-order chi connectivity index (χ0) is 14.5. The molecule has 0 amide bonds. The van der Waals surface area contributed by atoms with Crippen LogP contribution in [-0.2, 0) is 0 Å². The SMILES string of the molecule is CC(NC(CO)C(C)C)c1cnn(-c2ccccc2)c1. The van der Waals surface area contributed by atoms with E-state index < -0.39 is 0 Å². The van der Waals surface area contributed by atoms with Crippen LogP contribution < -0.4 is 5.32 Å². The Morgan fingerprint density at radius 1 is 1.20 bits per heavy atom. The van der Waals surface area contributed by atoms with Gasteiger partial charge in [0.2, 0.25) is 0 Å². The Bertz CT molecular complexity index is 522. The van der Waals surface area contributed by atoms with E-state index in [2.05, 4.69) is 31.2 Å². The number of hydrogen-bond donors (Lipinski definition) is 2. The van der Waals surface area contributed by atoms with Crippen LogP contribution in [0.4, 0.5) is 0 Å². The Labute approximate surface area is 120 Å². The normalized spacial score (nSPS) is 14.4. The molecule has 2 unspecified atom stereocenters. The van der Waals surface area contributed by atoms with Gasteiger partial charge in [-0.3, -0.25) is 0 Å². The van der Waals surface area contributed by atoms with Gasteiger partial charge in [0.05, 0.1) is 18.5 Å². The summed E-state index contributed by atoms with van der Waals surface area (Å²) in [7, 11) is 0. The van der Waals surface area contributed by atoms with E-state index in [-0.39, 0.29) is 18.7 Å². The molecule has 0 radical (unpaired) electrons. The fraction of sp³-hybridized carbons (Fsp3) is 0.438. The number of nitrogens with one attached hydrogen (secondary N) is 1. The van der Waals surface area contributed by atoms with Gasteiger partial charge in [-0.25, -0.2) is 4.68 Å². The molecule has 2 atom stereocenters. The molecule has 2 aromatic rings. The number of aromatic nitrogens is 2. The molecular weight excluding hydrogens is 250 g/mol. The molecule has 0 bridgehead atoms. The minimum atomic E-state index is 0.102. The van der Waals surface area contributed by atoms with Gasteiger partial charge in [0.15, 0.2) is 0 Å². The molecule has 4 heteroatoms. The van der Waals surface area contributed by atoms with E-state index in [9.17, 15) is 5.11 Å². The van der Waals surface area contributed by atoms with Crippen molar-refractivity contribution in [2.24, 2.45) is 5.92 Å². The van der Waals surface area contributed by atoms with Crippen LogP contribution in [0.3, 0.4) is 0 Å². The number of nitrogens with zero attached hydrogens (tertiary/aromatic N) is 2. The summed E-state index contributed by atoms with van der Waals surface area (Å²) >= 11 is 0. The highest BCUT2D eigenvalue weighted by Gasteiger charge is 2.16. The van der Waals surface area contributed by atoms with Crippen LogP contribution in [0.25, 0.3) is 5.69 Å². The third kappa shape index (κ3) is 3.46. The lowest BCUT2D eigenvalue weighted by atomic mass is 10.0. The number of aliphatic hydroxyl groups is 1. The van der Waals surface area contributed by atoms with E-state index >= 15 is 0 Å². The van der Waals surface area contributed by atoms with Crippen molar-refractivity contribution in [1.82, 2.24) is 15.1 Å². The highest BCUT2D eigenvalue weighted by atomic mass is 16.3. The van der Waals surface area contributed by atoms with Gasteiger partial charge in [-0.2, -0.15) is 5.10 Å². The predicted octanol–water partition coefficient (Wildman–Crippen LogP) is 2.54. The van der Waals surface area contributed by atoms with E-state index in [1.54, 1.807) is 0 Å². The molecule has 1 aromatic carbocycles. The molecule has 1 aromatic heterocycles. The monoisotopic (exact) mass is 273 g/mol. The Kier molecular flexibility index (Phi) is 4.93. The molecule has 0 fully saturated rings. The fourth-order valence-electron chi connectivity index (χ4n) is 2.16. The second-order valence-corrected chi connectivity index (χ2v) is 5.48. The minimum absolute atomic E-state index is 0.102. The zero-order valence-electron chi connectivity index (χ0n) is 12.3. The number of para-hydroxylation sites is 1. The van der Waals surface area contributed by atoms with E-state index in [1.165, 1.54) is 0 Å². The average molecular weight is 273 g/mol. The summed E-state index contributed by atoms with van der Waals surface area (Å²) in [6.07, 6.45) is 3.90. The number of benzene rings is 1. The Morgan fingerprint density at radius 2 is 1.90 bits per heavy atom. The second-order valence-electron chi connectivity index (χ2n) is 5.48. The van der Waals surface area contributed by atoms with Gasteiger partial charge in [-0.1, -0.05) is 32.0 Å². The van der Waals surface area contributed by atoms with Crippen molar-refractivity contribution in [2.75, 3.05) is 6.61 Å². The molecule has 20 heavy (non-hydrogen) atoms. The van der Waals surface area contributed by atoms with Crippen LogP contribution in [0.15, 0.2) is 42.7 Å². The molecule has 4 nitrogen and oxygen atoms in total. The smallest absolute Gasteiger partial charge is 0.0645 e. The molecule has 0 spiro atoms. The van der Waals surface area contributed by atoms with Crippen molar-refractivity contribution in [3.63, 3.8) is 0 Å². The number of hydrogen-bond acceptors (Lipinski definition) is 3. The first-order valence-electron chi connectivity index (χ1n) is 7.08. The molecule has 1 heterocycles. The van der Waals surface area contributed by atoms with E-state index in [0.29, 0.717) is 5.92 Å². The van der Waals surface area contributed by atoms with Crippen LogP contribution in [0.5, 0.6) is 0 Å². The quantitative estimate of drug-likeness (QED) is 0.850. The Morgan fingerprint density at radius 3 is 2.50 bits per heavy atom. The van der Waals surface area contributed by atoms with Gasteiger partial charge in [-0.05, 0) is 25.0 Å². The van der Waals surface area contributed by atoms with Gasteiger partial charge >= 0.3 is 0 Å². The van der Waals surface area contributed by atoms with Gasteiger partial charge in [0.1, 0.15) is 0 Å². The van der Waals surface area contributed by atoms with Gasteiger partial charge in [0, 0.05) is 23.8 Å². The molecule has 2 N–H and O–H groups in total. The van der Waals surface area contributed by atoms with Crippen LogP contribution >= 0.6 is 0 Å². The first kappa shape index (κ1) is 14.8. The summed E-state index contributed by atoms with van der Waals surface area (Å²) in [4.78, 5) is 0. The van der Waals surface area contributed by atoms with Gasteiger partial charge in [-0.15, -0.1) is 0 Å².